The summed E-state index contributed by atoms with van der Waals surface area (Å²) in [6.45, 7) is 2.10. The molecule has 0 atom stereocenters. The van der Waals surface area contributed by atoms with Gasteiger partial charge in [0.15, 0.2) is 0 Å². The summed E-state index contributed by atoms with van der Waals surface area (Å²) in [6, 6.07) is 20.8. The molecule has 1 heterocycles. The third kappa shape index (κ3) is 10.0. The van der Waals surface area contributed by atoms with Crippen molar-refractivity contribution in [1.29, 1.82) is 0 Å². The van der Waals surface area contributed by atoms with Crippen LogP contribution in [0.15, 0.2) is 82.7 Å². The Morgan fingerprint density at radius 3 is 2.43 bits per heavy atom. The highest BCUT2D eigenvalue weighted by Crippen LogP contribution is 2.23. The highest BCUT2D eigenvalue weighted by Gasteiger charge is 2.12. The minimum Gasteiger partial charge on any atom is -0.507 e. The van der Waals surface area contributed by atoms with E-state index in [1.807, 2.05) is 18.2 Å². The zero-order valence-corrected chi connectivity index (χ0v) is 23.6. The summed E-state index contributed by atoms with van der Waals surface area (Å²) < 4.78 is 0. The summed E-state index contributed by atoms with van der Waals surface area (Å²) in [5.74, 6) is 9.86. The van der Waals surface area contributed by atoms with Crippen molar-refractivity contribution in [2.24, 2.45) is 16.8 Å². The topological polar surface area (TPSA) is 179 Å². The molecule has 0 bridgehead atoms. The second kappa shape index (κ2) is 16.7. The fourth-order valence-corrected chi connectivity index (χ4v) is 3.91. The van der Waals surface area contributed by atoms with Crippen LogP contribution in [0.2, 0.25) is 5.02 Å². The van der Waals surface area contributed by atoms with Gasteiger partial charge in [-0.2, -0.15) is 5.10 Å². The van der Waals surface area contributed by atoms with Gasteiger partial charge < -0.3 is 26.6 Å². The van der Waals surface area contributed by atoms with Crippen LogP contribution in [-0.2, 0) is 11.2 Å². The predicted molar refractivity (Wildman–Crippen MR) is 167 cm³/mol. The van der Waals surface area contributed by atoms with E-state index in [2.05, 4.69) is 52.6 Å². The molecule has 0 saturated carbocycles. The molecule has 0 saturated heterocycles. The maximum Gasteiger partial charge on any atom is 0.252 e. The number of carbonyl (C=O) groups is 2. The van der Waals surface area contributed by atoms with Gasteiger partial charge in [-0.15, -0.1) is 12.8 Å². The van der Waals surface area contributed by atoms with Crippen LogP contribution in [0.3, 0.4) is 0 Å². The Balaban J connectivity index is 0.000000590. The van der Waals surface area contributed by atoms with Crippen molar-refractivity contribution in [2.75, 3.05) is 18.1 Å². The number of nitrogens with one attached hydrogen (secondary N) is 3. The third-order valence-electron chi connectivity index (χ3n) is 5.66. The molecule has 8 N–H and O–H groups in total. The Kier molecular flexibility index (Phi) is 13.1. The quantitative estimate of drug-likeness (QED) is 0.0601. The van der Waals surface area contributed by atoms with Crippen molar-refractivity contribution in [3.05, 3.63) is 105 Å². The molecule has 0 fully saturated rings. The van der Waals surface area contributed by atoms with Crippen LogP contribution in [-0.4, -0.2) is 41.3 Å². The number of aromatic hydroxyl groups is 1. The van der Waals surface area contributed by atoms with E-state index in [1.165, 1.54) is 35.1 Å². The molecule has 0 unspecified atom stereocenters. The van der Waals surface area contributed by atoms with Crippen molar-refractivity contribution >= 4 is 46.3 Å². The molecule has 1 aromatic heterocycles. The molecule has 218 valence electrons. The number of nitrogens with two attached hydrogens (primary N) is 2. The van der Waals surface area contributed by atoms with Gasteiger partial charge in [-0.25, -0.2) is 5.84 Å². The number of aromatic nitrogens is 1. The number of rotatable bonds is 8. The normalized spacial score (nSPS) is 10.1. The van der Waals surface area contributed by atoms with E-state index >= 15 is 0 Å². The fourth-order valence-electron chi connectivity index (χ4n) is 3.71. The highest BCUT2D eigenvalue weighted by atomic mass is 35.5. The maximum atomic E-state index is 12.4. The van der Waals surface area contributed by atoms with E-state index in [4.69, 9.17) is 23.3 Å². The second-order valence-corrected chi connectivity index (χ2v) is 9.10. The molecule has 0 aliphatic rings. The number of fused-ring (bicyclic) bond motifs is 1. The van der Waals surface area contributed by atoms with Crippen molar-refractivity contribution in [3.63, 3.8) is 0 Å². The number of benzene rings is 3. The zero-order valence-electron chi connectivity index (χ0n) is 22.9. The number of amides is 2. The first kappa shape index (κ1) is 32.9. The van der Waals surface area contributed by atoms with Crippen LogP contribution in [0.1, 0.15) is 21.5 Å². The minimum atomic E-state index is -0.505. The molecular formula is C30H32ClN7O4. The first-order valence-electron chi connectivity index (χ1n) is 12.5. The van der Waals surface area contributed by atoms with E-state index in [0.29, 0.717) is 28.0 Å². The average molecular weight is 590 g/mol. The van der Waals surface area contributed by atoms with Crippen LogP contribution >= 0.6 is 11.6 Å². The van der Waals surface area contributed by atoms with Crippen LogP contribution in [0.25, 0.3) is 10.9 Å². The first-order chi connectivity index (χ1) is 20.2. The Morgan fingerprint density at radius 2 is 1.79 bits per heavy atom. The Bertz CT molecular complexity index is 1600. The molecule has 4 rings (SSSR count). The number of nitrogens with zero attached hydrogens (tertiary/aromatic N) is 2. The summed E-state index contributed by atoms with van der Waals surface area (Å²) in [5.41, 5.74) is 2.88. The number of aromatic amines is 1. The molecule has 0 aliphatic heterocycles. The number of terminal acetylenes is 1. The largest absolute Gasteiger partial charge is 0.507 e. The number of aryl methyl sites for hydroxylation is 1. The van der Waals surface area contributed by atoms with E-state index in [1.54, 1.807) is 18.2 Å². The number of hydrogen-bond donors (Lipinski definition) is 6. The number of hydrogen-bond acceptors (Lipinski definition) is 7. The van der Waals surface area contributed by atoms with Gasteiger partial charge in [-0.1, -0.05) is 47.5 Å². The lowest BCUT2D eigenvalue weighted by atomic mass is 10.1. The standard InChI is InChI=1S/C21H22ClN7O4.C7H8.C2H2/c22-14-2-4-17(29(24)11-27-23)12(7-14)5-6-25-20(32)10-26-21(33)13-1-3-16-15(8-13)18(30)9-19(31)28-16;1-7-5-3-2-4-6-7;1-2/h1-4,7-9,11H,5-6,10,23-24H2,(H,25,32)(H,26,33)(H2,28,30,31);2-6H,1H3;1-2H/b27-11-;;. The van der Waals surface area contributed by atoms with Crippen LogP contribution in [0.5, 0.6) is 5.75 Å². The van der Waals surface area contributed by atoms with Crippen LogP contribution < -0.4 is 32.9 Å². The summed E-state index contributed by atoms with van der Waals surface area (Å²) in [7, 11) is 0. The zero-order chi connectivity index (χ0) is 31.1. The Hall–Kier alpha value is -5.31. The maximum absolute atomic E-state index is 12.4. The number of anilines is 1. The summed E-state index contributed by atoms with van der Waals surface area (Å²) in [4.78, 5) is 38.5. The number of carbonyl (C=O) groups excluding carboxylic acids is 2. The van der Waals surface area contributed by atoms with Gasteiger partial charge in [-0.05, 0) is 55.3 Å². The van der Waals surface area contributed by atoms with Gasteiger partial charge in [0.2, 0.25) is 5.91 Å². The highest BCUT2D eigenvalue weighted by molar-refractivity contribution is 6.30. The number of hydrazone groups is 1. The molecule has 11 nitrogen and oxygen atoms in total. The molecule has 3 aromatic carbocycles. The first-order valence-corrected chi connectivity index (χ1v) is 12.9. The van der Waals surface area contributed by atoms with Gasteiger partial charge in [0.25, 0.3) is 11.5 Å². The second-order valence-electron chi connectivity index (χ2n) is 8.66. The minimum absolute atomic E-state index is 0.228. The van der Waals surface area contributed by atoms with Crippen LogP contribution in [0, 0.1) is 19.8 Å². The molecule has 0 spiro atoms. The van der Waals surface area contributed by atoms with Crippen molar-refractivity contribution in [1.82, 2.24) is 15.6 Å². The summed E-state index contributed by atoms with van der Waals surface area (Å²) >= 11 is 6.05. The lowest BCUT2D eigenvalue weighted by molar-refractivity contribution is -0.120. The predicted octanol–water partition coefficient (Wildman–Crippen LogP) is 2.80. The van der Waals surface area contributed by atoms with E-state index in [-0.39, 0.29) is 24.4 Å². The number of pyridine rings is 1. The van der Waals surface area contributed by atoms with Gasteiger partial charge >= 0.3 is 0 Å². The molecule has 42 heavy (non-hydrogen) atoms. The molecular weight excluding hydrogens is 558 g/mol. The number of halogens is 1. The lowest BCUT2D eigenvalue weighted by Crippen LogP contribution is -2.38. The van der Waals surface area contributed by atoms with Crippen molar-refractivity contribution < 1.29 is 14.7 Å². The van der Waals surface area contributed by atoms with Crippen molar-refractivity contribution in [2.45, 2.75) is 13.3 Å². The monoisotopic (exact) mass is 589 g/mol. The van der Waals surface area contributed by atoms with Crippen molar-refractivity contribution in [3.8, 4) is 18.6 Å². The van der Waals surface area contributed by atoms with Gasteiger partial charge in [0.1, 0.15) is 12.1 Å². The SMILES string of the molecule is C#C.Cc1ccccc1.N/N=C\N(N)c1ccc(Cl)cc1CCNC(=O)CNC(=O)c1ccc2[nH]c(=O)cc(O)c2c1. The molecule has 2 amide bonds. The number of hydrazine groups is 1. The molecule has 0 aliphatic carbocycles. The molecule has 0 radical (unpaired) electrons. The van der Waals surface area contributed by atoms with E-state index in [0.717, 1.165) is 11.6 Å². The fraction of sp³-hybridized carbons (Fsp3) is 0.133. The third-order valence-corrected chi connectivity index (χ3v) is 5.90. The number of H-pyrrole nitrogens is 1. The van der Waals surface area contributed by atoms with E-state index < -0.39 is 17.4 Å². The van der Waals surface area contributed by atoms with Gasteiger partial charge in [0, 0.05) is 28.6 Å². The summed E-state index contributed by atoms with van der Waals surface area (Å²) in [5, 5.41) is 20.6. The molecule has 4 aromatic rings. The smallest absolute Gasteiger partial charge is 0.252 e. The Labute approximate surface area is 248 Å². The average Bonchev–Trinajstić information content (AvgIpc) is 2.97. The van der Waals surface area contributed by atoms with Gasteiger partial charge in [0.05, 0.1) is 17.7 Å². The summed E-state index contributed by atoms with van der Waals surface area (Å²) in [6.07, 6.45) is 9.66. The van der Waals surface area contributed by atoms with E-state index in [9.17, 15) is 19.5 Å². The Morgan fingerprint density at radius 1 is 1.07 bits per heavy atom. The van der Waals surface area contributed by atoms with Gasteiger partial charge in [-0.3, -0.25) is 19.4 Å². The van der Waals surface area contributed by atoms with Crippen LogP contribution in [0.4, 0.5) is 5.69 Å². The lowest BCUT2D eigenvalue weighted by Gasteiger charge is -2.17. The molecule has 12 heteroatoms.